The lowest BCUT2D eigenvalue weighted by Gasteiger charge is -2.22. The van der Waals surface area contributed by atoms with Gasteiger partial charge in [-0.25, -0.2) is 0 Å². The van der Waals surface area contributed by atoms with Gasteiger partial charge in [0.2, 0.25) is 0 Å². The molecule has 1 atom stereocenters. The summed E-state index contributed by atoms with van der Waals surface area (Å²) in [6.07, 6.45) is 1.65. The molecule has 0 fully saturated rings. The van der Waals surface area contributed by atoms with Crippen LogP contribution >= 0.6 is 10.8 Å². The van der Waals surface area contributed by atoms with Gasteiger partial charge in [-0.3, -0.25) is 4.55 Å². The maximum absolute atomic E-state index is 10.3. The summed E-state index contributed by atoms with van der Waals surface area (Å²) in [7, 11) is -3.46. The smallest absolute Gasteiger partial charge is 0.319 e. The van der Waals surface area contributed by atoms with Crippen molar-refractivity contribution >= 4 is 19.9 Å². The molecule has 0 aliphatic carbocycles. The summed E-state index contributed by atoms with van der Waals surface area (Å²) in [6, 6.07) is 0. The number of nitrogens with two attached hydrogens (primary N) is 1. The average molecular weight is 213 g/mol. The Morgan fingerprint density at radius 2 is 2.08 bits per heavy atom. The van der Waals surface area contributed by atoms with Crippen molar-refractivity contribution < 1.29 is 13.0 Å². The van der Waals surface area contributed by atoms with Crippen LogP contribution in [0.3, 0.4) is 0 Å². The lowest BCUT2D eigenvalue weighted by molar-refractivity contribution is 0.476. The third kappa shape index (κ3) is 6.90. The van der Waals surface area contributed by atoms with Crippen LogP contribution < -0.4 is 5.73 Å². The number of rotatable bonds is 5. The lowest BCUT2D eigenvalue weighted by Crippen LogP contribution is -2.39. The van der Waals surface area contributed by atoms with E-state index in [-0.39, 0.29) is 5.75 Å². The maximum atomic E-state index is 10.3. The zero-order valence-corrected chi connectivity index (χ0v) is 8.91. The Morgan fingerprint density at radius 1 is 1.58 bits per heavy atom. The quantitative estimate of drug-likeness (QED) is 0.527. The molecule has 0 amide bonds. The van der Waals surface area contributed by atoms with Crippen LogP contribution in [-0.2, 0) is 9.15 Å². The minimum atomic E-state index is -3.94. The summed E-state index contributed by atoms with van der Waals surface area (Å²) in [5, 5.41) is 0. The van der Waals surface area contributed by atoms with Crippen molar-refractivity contribution in [3.8, 4) is 0 Å². The molecule has 74 valence electrons. The summed E-state index contributed by atoms with van der Waals surface area (Å²) in [6.45, 7) is 3.75. The predicted molar refractivity (Wildman–Crippen MR) is 51.5 cm³/mol. The van der Waals surface area contributed by atoms with Gasteiger partial charge in [0.15, 0.2) is 0 Å². The Bertz CT molecular complexity index is 223. The molecule has 0 aliphatic rings. The van der Waals surface area contributed by atoms with Crippen LogP contribution in [0.4, 0.5) is 0 Å². The molecule has 0 aromatic carbocycles. The van der Waals surface area contributed by atoms with Crippen molar-refractivity contribution in [3.63, 3.8) is 0 Å². The van der Waals surface area contributed by atoms with E-state index in [0.29, 0.717) is 10.8 Å². The van der Waals surface area contributed by atoms with Gasteiger partial charge in [-0.15, -0.1) is 0 Å². The normalized spacial score (nSPS) is 17.3. The van der Waals surface area contributed by atoms with Crippen molar-refractivity contribution in [2.45, 2.75) is 32.2 Å². The van der Waals surface area contributed by atoms with Crippen molar-refractivity contribution in [2.24, 2.45) is 5.73 Å². The molecule has 0 radical (unpaired) electrons. The van der Waals surface area contributed by atoms with Gasteiger partial charge in [-0.2, -0.15) is 8.42 Å². The third-order valence-corrected chi connectivity index (χ3v) is 3.68. The molecule has 0 rings (SSSR count). The van der Waals surface area contributed by atoms with Gasteiger partial charge in [0, 0.05) is 11.3 Å². The molecule has 0 aromatic rings. The van der Waals surface area contributed by atoms with E-state index in [1.54, 1.807) is 6.92 Å². The molecule has 12 heavy (non-hydrogen) atoms. The Kier molecular flexibility index (Phi) is 4.54. The van der Waals surface area contributed by atoms with E-state index >= 15 is 0 Å². The topological polar surface area (TPSA) is 80.4 Å². The molecule has 0 aliphatic heterocycles. The van der Waals surface area contributed by atoms with E-state index in [1.807, 2.05) is 6.92 Å². The van der Waals surface area contributed by atoms with Crippen LogP contribution in [0, 0.1) is 0 Å². The van der Waals surface area contributed by atoms with E-state index in [1.165, 1.54) is 0 Å². The highest BCUT2D eigenvalue weighted by molar-refractivity contribution is 8.69. The molecule has 3 N–H and O–H groups in total. The Morgan fingerprint density at radius 3 is 2.42 bits per heavy atom. The first kappa shape index (κ1) is 12.2. The molecule has 6 heteroatoms. The van der Waals surface area contributed by atoms with Gasteiger partial charge in [-0.05, 0) is 24.1 Å². The molecule has 0 saturated carbocycles. The molecule has 4 nitrogen and oxygen atoms in total. The summed E-state index contributed by atoms with van der Waals surface area (Å²) in [5.41, 5.74) is 5.22. The zero-order chi connectivity index (χ0) is 9.83. The monoisotopic (exact) mass is 213 g/mol. The lowest BCUT2D eigenvalue weighted by atomic mass is 10.0. The van der Waals surface area contributed by atoms with Gasteiger partial charge in [0.25, 0.3) is 0 Å². The number of hydrogen-bond donors (Lipinski definition) is 2. The largest absolute Gasteiger partial charge is 0.325 e. The van der Waals surface area contributed by atoms with Crippen LogP contribution in [0.15, 0.2) is 0 Å². The van der Waals surface area contributed by atoms with Gasteiger partial charge in [0.05, 0.1) is 0 Å². The summed E-state index contributed by atoms with van der Waals surface area (Å²) in [5.74, 6) is 0.222. The second-order valence-corrected chi connectivity index (χ2v) is 6.44. The molecular formula is C6H15NO3S2. The average Bonchev–Trinajstić information content (AvgIpc) is 1.83. The van der Waals surface area contributed by atoms with Crippen molar-refractivity contribution in [1.82, 2.24) is 0 Å². The van der Waals surface area contributed by atoms with Gasteiger partial charge in [0.1, 0.15) is 0 Å². The van der Waals surface area contributed by atoms with E-state index in [4.69, 9.17) is 10.3 Å². The Labute approximate surface area is 77.1 Å². The maximum Gasteiger partial charge on any atom is 0.319 e. The highest BCUT2D eigenvalue weighted by Gasteiger charge is 2.20. The fourth-order valence-electron chi connectivity index (χ4n) is 0.852. The van der Waals surface area contributed by atoms with Crippen LogP contribution in [0.2, 0.25) is 0 Å². The Balaban J connectivity index is 3.92. The first-order chi connectivity index (χ1) is 5.27. The SMILES string of the molecule is CCCC(C)(N)CSS(=O)(=O)O. The minimum Gasteiger partial charge on any atom is -0.325 e. The molecule has 0 saturated heterocycles. The first-order valence-corrected chi connectivity index (χ1v) is 6.62. The van der Waals surface area contributed by atoms with Gasteiger partial charge in [-0.1, -0.05) is 13.3 Å². The molecular weight excluding hydrogens is 198 g/mol. The first-order valence-electron chi connectivity index (χ1n) is 3.67. The van der Waals surface area contributed by atoms with Gasteiger partial charge >= 0.3 is 9.15 Å². The highest BCUT2D eigenvalue weighted by atomic mass is 33.1. The molecule has 0 aromatic heterocycles. The van der Waals surface area contributed by atoms with Crippen LogP contribution in [0.5, 0.6) is 0 Å². The molecule has 0 bridgehead atoms. The molecule has 1 unspecified atom stereocenters. The highest BCUT2D eigenvalue weighted by Crippen LogP contribution is 2.19. The fraction of sp³-hybridized carbons (Fsp3) is 1.00. The zero-order valence-electron chi connectivity index (χ0n) is 7.28. The van der Waals surface area contributed by atoms with E-state index in [0.717, 1.165) is 12.8 Å². The fourth-order valence-corrected chi connectivity index (χ4v) is 2.67. The van der Waals surface area contributed by atoms with Crippen LogP contribution in [0.25, 0.3) is 0 Å². The van der Waals surface area contributed by atoms with Crippen LogP contribution in [-0.4, -0.2) is 24.3 Å². The predicted octanol–water partition coefficient (Wildman–Crippen LogP) is 1.04. The van der Waals surface area contributed by atoms with Crippen molar-refractivity contribution in [3.05, 3.63) is 0 Å². The molecule has 0 spiro atoms. The van der Waals surface area contributed by atoms with E-state index < -0.39 is 14.7 Å². The summed E-state index contributed by atoms with van der Waals surface area (Å²) in [4.78, 5) is 0. The summed E-state index contributed by atoms with van der Waals surface area (Å²) < 4.78 is 29.1. The van der Waals surface area contributed by atoms with E-state index in [9.17, 15) is 8.42 Å². The molecule has 0 heterocycles. The van der Waals surface area contributed by atoms with Gasteiger partial charge < -0.3 is 5.73 Å². The standard InChI is InChI=1S/C6H15NO3S2/c1-3-4-6(2,7)5-11-12(8,9)10/h3-5,7H2,1-2H3,(H,8,9,10). The van der Waals surface area contributed by atoms with Crippen molar-refractivity contribution in [2.75, 3.05) is 5.75 Å². The van der Waals surface area contributed by atoms with Crippen molar-refractivity contribution in [1.29, 1.82) is 0 Å². The second-order valence-electron chi connectivity index (χ2n) is 3.09. The minimum absolute atomic E-state index is 0.222. The Hall–Kier alpha value is 0.220. The van der Waals surface area contributed by atoms with Crippen LogP contribution in [0.1, 0.15) is 26.7 Å². The van der Waals surface area contributed by atoms with E-state index in [2.05, 4.69) is 0 Å². The third-order valence-electron chi connectivity index (χ3n) is 1.36. The summed E-state index contributed by atoms with van der Waals surface area (Å²) >= 11 is 0. The second kappa shape index (κ2) is 4.45. The number of hydrogen-bond acceptors (Lipinski definition) is 4.